The van der Waals surface area contributed by atoms with Crippen LogP contribution in [0, 0.1) is 23.3 Å². The van der Waals surface area contributed by atoms with Crippen LogP contribution < -0.4 is 4.74 Å². The van der Waals surface area contributed by atoms with Crippen LogP contribution in [-0.2, 0) is 0 Å². The molecule has 132 valence electrons. The highest BCUT2D eigenvalue weighted by atomic mass is 79.9. The zero-order valence-corrected chi connectivity index (χ0v) is 14.8. The van der Waals surface area contributed by atoms with Crippen LogP contribution in [0.15, 0.2) is 59.6 Å². The van der Waals surface area contributed by atoms with Crippen molar-refractivity contribution >= 4 is 22.0 Å². The number of hydrogen-bond acceptors (Lipinski definition) is 1. The van der Waals surface area contributed by atoms with E-state index in [1.54, 1.807) is 18.2 Å². The van der Waals surface area contributed by atoms with Gasteiger partial charge < -0.3 is 4.74 Å². The number of rotatable bonds is 4. The molecule has 0 aliphatic rings. The van der Waals surface area contributed by atoms with E-state index in [1.165, 1.54) is 12.1 Å². The third-order valence-electron chi connectivity index (χ3n) is 3.72. The van der Waals surface area contributed by atoms with E-state index in [0.717, 1.165) is 16.7 Å². The molecule has 3 aromatic carbocycles. The first-order chi connectivity index (χ1) is 12.4. The third kappa shape index (κ3) is 3.37. The average Bonchev–Trinajstić information content (AvgIpc) is 2.69. The summed E-state index contributed by atoms with van der Waals surface area (Å²) >= 11 is 2.68. The molecule has 0 saturated heterocycles. The van der Waals surface area contributed by atoms with Crippen molar-refractivity contribution in [1.29, 1.82) is 0 Å². The Bertz CT molecular complexity index is 938. The normalized spacial score (nSPS) is 10.7. The Hall–Kier alpha value is -2.60. The minimum absolute atomic E-state index is 0.140. The van der Waals surface area contributed by atoms with Crippen LogP contribution in [0.5, 0.6) is 11.5 Å². The van der Waals surface area contributed by atoms with Gasteiger partial charge in [-0.1, -0.05) is 49.1 Å². The fourth-order valence-corrected chi connectivity index (χ4v) is 2.75. The van der Waals surface area contributed by atoms with E-state index in [9.17, 15) is 17.6 Å². The smallest absolute Gasteiger partial charge is 0.205 e. The van der Waals surface area contributed by atoms with E-state index in [0.29, 0.717) is 0 Å². The van der Waals surface area contributed by atoms with Crippen LogP contribution in [0.25, 0.3) is 17.2 Å². The Morgan fingerprint density at radius 1 is 0.731 bits per heavy atom. The zero-order valence-electron chi connectivity index (χ0n) is 13.2. The van der Waals surface area contributed by atoms with Crippen LogP contribution in [0.4, 0.5) is 17.6 Å². The minimum Gasteiger partial charge on any atom is -0.453 e. The van der Waals surface area contributed by atoms with Crippen LogP contribution in [0.2, 0.25) is 0 Å². The van der Waals surface area contributed by atoms with Gasteiger partial charge in [0.05, 0.1) is 0 Å². The molecule has 0 amide bonds. The molecule has 3 aromatic rings. The van der Waals surface area contributed by atoms with E-state index in [1.807, 2.05) is 24.3 Å². The van der Waals surface area contributed by atoms with Crippen molar-refractivity contribution < 1.29 is 22.3 Å². The highest BCUT2D eigenvalue weighted by Gasteiger charge is 2.25. The average molecular weight is 423 g/mol. The predicted molar refractivity (Wildman–Crippen MR) is 96.0 cm³/mol. The number of hydrogen-bond donors (Lipinski definition) is 0. The van der Waals surface area contributed by atoms with Gasteiger partial charge in [0.2, 0.25) is 11.6 Å². The molecule has 0 radical (unpaired) electrons. The number of benzene rings is 3. The fraction of sp³-hybridized carbons (Fsp3) is 0. The lowest BCUT2D eigenvalue weighted by Gasteiger charge is -2.11. The fourth-order valence-electron chi connectivity index (χ4n) is 2.32. The second-order valence-electron chi connectivity index (χ2n) is 5.35. The van der Waals surface area contributed by atoms with E-state index < -0.39 is 33.5 Å². The van der Waals surface area contributed by atoms with Gasteiger partial charge in [0.15, 0.2) is 17.4 Å². The van der Waals surface area contributed by atoms with Gasteiger partial charge in [-0.15, -0.1) is 0 Å². The van der Waals surface area contributed by atoms with Crippen LogP contribution in [0.1, 0.15) is 5.56 Å². The number of ether oxygens (including phenoxy) is 1. The predicted octanol–water partition coefficient (Wildman–Crippen LogP) is 7.11. The molecular weight excluding hydrogens is 412 g/mol. The summed E-state index contributed by atoms with van der Waals surface area (Å²) in [4.78, 5) is 0. The van der Waals surface area contributed by atoms with Crippen molar-refractivity contribution in [3.63, 3.8) is 0 Å². The molecule has 0 aliphatic carbocycles. The lowest BCUT2D eigenvalue weighted by atomic mass is 10.0. The summed E-state index contributed by atoms with van der Waals surface area (Å²) in [6, 6.07) is 14.1. The van der Waals surface area contributed by atoms with Gasteiger partial charge in [-0.25, -0.2) is 13.2 Å². The van der Waals surface area contributed by atoms with Gasteiger partial charge in [0.25, 0.3) is 0 Å². The lowest BCUT2D eigenvalue weighted by molar-refractivity contribution is 0.367. The largest absolute Gasteiger partial charge is 0.453 e. The highest BCUT2D eigenvalue weighted by Crippen LogP contribution is 2.37. The lowest BCUT2D eigenvalue weighted by Crippen LogP contribution is -2.01. The molecule has 0 atom stereocenters. The Balaban J connectivity index is 1.89. The summed E-state index contributed by atoms with van der Waals surface area (Å²) in [6.45, 7) is 3.69. The summed E-state index contributed by atoms with van der Waals surface area (Å²) in [5.74, 6) is -7.62. The first-order valence-corrected chi connectivity index (χ1v) is 8.24. The molecule has 1 nitrogen and oxygen atoms in total. The van der Waals surface area contributed by atoms with Gasteiger partial charge in [0.1, 0.15) is 10.2 Å². The van der Waals surface area contributed by atoms with Gasteiger partial charge in [0, 0.05) is 0 Å². The first-order valence-electron chi connectivity index (χ1n) is 7.44. The first kappa shape index (κ1) is 18.2. The summed E-state index contributed by atoms with van der Waals surface area (Å²) in [5.41, 5.74) is 2.78. The summed E-state index contributed by atoms with van der Waals surface area (Å²) < 4.78 is 58.6. The van der Waals surface area contributed by atoms with Crippen molar-refractivity contribution in [3.05, 3.63) is 88.4 Å². The molecule has 0 fully saturated rings. The topological polar surface area (TPSA) is 9.23 Å². The second kappa shape index (κ2) is 7.33. The molecule has 0 unspecified atom stereocenters. The molecule has 0 N–H and O–H groups in total. The van der Waals surface area contributed by atoms with Crippen LogP contribution in [-0.4, -0.2) is 0 Å². The summed E-state index contributed by atoms with van der Waals surface area (Å²) in [7, 11) is 0. The van der Waals surface area contributed by atoms with Gasteiger partial charge in [-0.3, -0.25) is 0 Å². The SMILES string of the molecule is C=Cc1ccc(-c2ccc(Oc3c(F)c(F)c(F)c(F)c3Br)cc2)cc1. The Labute approximate surface area is 155 Å². The molecule has 0 aliphatic heterocycles. The van der Waals surface area contributed by atoms with Gasteiger partial charge >= 0.3 is 0 Å². The minimum atomic E-state index is -1.93. The molecule has 3 rings (SSSR count). The molecule has 0 spiro atoms. The van der Waals surface area contributed by atoms with Crippen LogP contribution >= 0.6 is 15.9 Å². The van der Waals surface area contributed by atoms with Crippen molar-refractivity contribution in [2.75, 3.05) is 0 Å². The Morgan fingerprint density at radius 2 is 1.23 bits per heavy atom. The number of halogens is 5. The molecular formula is C20H11BrF4O. The third-order valence-corrected chi connectivity index (χ3v) is 4.43. The monoisotopic (exact) mass is 422 g/mol. The second-order valence-corrected chi connectivity index (χ2v) is 6.14. The molecule has 0 saturated carbocycles. The van der Waals surface area contributed by atoms with E-state index in [2.05, 4.69) is 22.5 Å². The maximum Gasteiger partial charge on any atom is 0.205 e. The van der Waals surface area contributed by atoms with E-state index >= 15 is 0 Å². The van der Waals surface area contributed by atoms with Gasteiger partial charge in [-0.05, 0) is 44.8 Å². The Morgan fingerprint density at radius 3 is 1.77 bits per heavy atom. The molecule has 0 heterocycles. The maximum atomic E-state index is 13.9. The van der Waals surface area contributed by atoms with Crippen molar-refractivity contribution in [2.45, 2.75) is 0 Å². The van der Waals surface area contributed by atoms with Crippen LogP contribution in [0.3, 0.4) is 0 Å². The highest BCUT2D eigenvalue weighted by molar-refractivity contribution is 9.10. The van der Waals surface area contributed by atoms with Crippen molar-refractivity contribution in [2.24, 2.45) is 0 Å². The van der Waals surface area contributed by atoms with E-state index in [4.69, 9.17) is 4.74 Å². The zero-order chi connectivity index (χ0) is 18.8. The molecule has 26 heavy (non-hydrogen) atoms. The molecule has 0 bridgehead atoms. The standard InChI is InChI=1S/C20H11BrF4O/c1-2-11-3-5-12(6-4-11)13-7-9-14(10-8-13)26-20-15(21)16(22)17(23)18(24)19(20)25/h2-10H,1H2. The van der Waals surface area contributed by atoms with Crippen molar-refractivity contribution in [3.8, 4) is 22.6 Å². The molecule has 6 heteroatoms. The maximum absolute atomic E-state index is 13.9. The van der Waals surface area contributed by atoms with Gasteiger partial charge in [-0.2, -0.15) is 4.39 Å². The quantitative estimate of drug-likeness (QED) is 0.247. The summed E-state index contributed by atoms with van der Waals surface area (Å²) in [5, 5.41) is 0. The summed E-state index contributed by atoms with van der Waals surface area (Å²) in [6.07, 6.45) is 1.73. The van der Waals surface area contributed by atoms with E-state index in [-0.39, 0.29) is 5.75 Å². The molecule has 0 aromatic heterocycles. The van der Waals surface area contributed by atoms with Crippen molar-refractivity contribution in [1.82, 2.24) is 0 Å². The Kier molecular flexibility index (Phi) is 5.13.